The fourth-order valence-corrected chi connectivity index (χ4v) is 1.74. The van der Waals surface area contributed by atoms with E-state index in [2.05, 4.69) is 0 Å². The molecule has 0 aliphatic rings. The molecular formula is C14H16N2O2. The standard InChI is InChI=1S/C14H16N2O2/c1-10-7-14(17)16(9-13(10)15)8-11-3-5-12(18-2)6-4-11/h3-7,9H,8,15H2,1-2H3. The summed E-state index contributed by atoms with van der Waals surface area (Å²) >= 11 is 0. The molecule has 1 heterocycles. The molecule has 94 valence electrons. The van der Waals surface area contributed by atoms with Crippen LogP contribution in [-0.2, 0) is 6.54 Å². The molecule has 18 heavy (non-hydrogen) atoms. The van der Waals surface area contributed by atoms with E-state index in [9.17, 15) is 4.79 Å². The van der Waals surface area contributed by atoms with E-state index in [1.54, 1.807) is 23.9 Å². The van der Waals surface area contributed by atoms with Crippen LogP contribution in [0.15, 0.2) is 41.3 Å². The SMILES string of the molecule is COc1ccc(Cn2cc(N)c(C)cc2=O)cc1. The normalized spacial score (nSPS) is 10.3. The van der Waals surface area contributed by atoms with Crippen molar-refractivity contribution in [3.05, 3.63) is 58.0 Å². The van der Waals surface area contributed by atoms with Crippen molar-refractivity contribution in [1.29, 1.82) is 0 Å². The number of rotatable bonds is 3. The number of aromatic nitrogens is 1. The van der Waals surface area contributed by atoms with Crippen molar-refractivity contribution in [2.24, 2.45) is 0 Å². The quantitative estimate of drug-likeness (QED) is 0.895. The lowest BCUT2D eigenvalue weighted by atomic mass is 10.2. The number of pyridine rings is 1. The van der Waals surface area contributed by atoms with Gasteiger partial charge in [-0.15, -0.1) is 0 Å². The van der Waals surface area contributed by atoms with Crippen LogP contribution in [-0.4, -0.2) is 11.7 Å². The molecule has 1 aromatic heterocycles. The molecule has 0 bridgehead atoms. The first kappa shape index (κ1) is 12.2. The van der Waals surface area contributed by atoms with Gasteiger partial charge in [0.1, 0.15) is 5.75 Å². The second-order valence-electron chi connectivity index (χ2n) is 4.23. The molecule has 0 atom stereocenters. The number of hydrogen-bond acceptors (Lipinski definition) is 3. The minimum Gasteiger partial charge on any atom is -0.497 e. The Bertz CT molecular complexity index is 600. The summed E-state index contributed by atoms with van der Waals surface area (Å²) < 4.78 is 6.69. The highest BCUT2D eigenvalue weighted by Crippen LogP contribution is 2.13. The Morgan fingerprint density at radius 2 is 1.94 bits per heavy atom. The molecule has 4 nitrogen and oxygen atoms in total. The Morgan fingerprint density at radius 1 is 1.28 bits per heavy atom. The molecule has 0 unspecified atom stereocenters. The third-order valence-electron chi connectivity index (χ3n) is 2.89. The molecule has 0 saturated heterocycles. The van der Waals surface area contributed by atoms with E-state index in [-0.39, 0.29) is 5.56 Å². The summed E-state index contributed by atoms with van der Waals surface area (Å²) in [6.07, 6.45) is 1.68. The number of nitrogen functional groups attached to an aromatic ring is 1. The van der Waals surface area contributed by atoms with Crippen molar-refractivity contribution < 1.29 is 4.74 Å². The Balaban J connectivity index is 2.28. The molecule has 0 saturated carbocycles. The van der Waals surface area contributed by atoms with Gasteiger partial charge in [-0.05, 0) is 30.2 Å². The number of hydrogen-bond donors (Lipinski definition) is 1. The summed E-state index contributed by atoms with van der Waals surface area (Å²) in [6, 6.07) is 9.16. The third-order valence-corrected chi connectivity index (χ3v) is 2.89. The predicted octanol–water partition coefficient (Wildman–Crippen LogP) is 1.80. The van der Waals surface area contributed by atoms with Crippen LogP contribution >= 0.6 is 0 Å². The van der Waals surface area contributed by atoms with Crippen LogP contribution in [0.4, 0.5) is 5.69 Å². The second-order valence-corrected chi connectivity index (χ2v) is 4.23. The van der Waals surface area contributed by atoms with Crippen LogP contribution < -0.4 is 16.0 Å². The van der Waals surface area contributed by atoms with Crippen molar-refractivity contribution in [2.75, 3.05) is 12.8 Å². The molecular weight excluding hydrogens is 228 g/mol. The van der Waals surface area contributed by atoms with E-state index in [1.807, 2.05) is 31.2 Å². The minimum atomic E-state index is -0.0440. The lowest BCUT2D eigenvalue weighted by molar-refractivity contribution is 0.414. The zero-order chi connectivity index (χ0) is 13.1. The van der Waals surface area contributed by atoms with Gasteiger partial charge < -0.3 is 15.0 Å². The van der Waals surface area contributed by atoms with Crippen LogP contribution in [0.1, 0.15) is 11.1 Å². The van der Waals surface area contributed by atoms with Gasteiger partial charge in [0.05, 0.1) is 19.3 Å². The smallest absolute Gasteiger partial charge is 0.251 e. The van der Waals surface area contributed by atoms with Gasteiger partial charge in [-0.1, -0.05) is 12.1 Å². The summed E-state index contributed by atoms with van der Waals surface area (Å²) in [4.78, 5) is 11.8. The van der Waals surface area contributed by atoms with E-state index in [0.717, 1.165) is 16.9 Å². The number of nitrogens with zero attached hydrogens (tertiary/aromatic N) is 1. The van der Waals surface area contributed by atoms with E-state index < -0.39 is 0 Å². The largest absolute Gasteiger partial charge is 0.497 e. The Kier molecular flexibility index (Phi) is 3.37. The maximum absolute atomic E-state index is 11.8. The lowest BCUT2D eigenvalue weighted by Gasteiger charge is -2.09. The third kappa shape index (κ3) is 2.53. The number of ether oxygens (including phenoxy) is 1. The number of nitrogens with two attached hydrogens (primary N) is 1. The minimum absolute atomic E-state index is 0.0440. The molecule has 2 aromatic rings. The van der Waals surface area contributed by atoms with Crippen LogP contribution in [0.3, 0.4) is 0 Å². The predicted molar refractivity (Wildman–Crippen MR) is 71.9 cm³/mol. The zero-order valence-corrected chi connectivity index (χ0v) is 10.5. The molecule has 0 fully saturated rings. The maximum Gasteiger partial charge on any atom is 0.251 e. The molecule has 4 heteroatoms. The first-order valence-electron chi connectivity index (χ1n) is 5.69. The fraction of sp³-hybridized carbons (Fsp3) is 0.214. The van der Waals surface area contributed by atoms with Gasteiger partial charge in [0.25, 0.3) is 5.56 Å². The van der Waals surface area contributed by atoms with Gasteiger partial charge >= 0.3 is 0 Å². The second kappa shape index (κ2) is 4.96. The number of methoxy groups -OCH3 is 1. The van der Waals surface area contributed by atoms with Gasteiger partial charge in [-0.25, -0.2) is 0 Å². The highest BCUT2D eigenvalue weighted by Gasteiger charge is 2.02. The Labute approximate surface area is 106 Å². The molecule has 0 radical (unpaired) electrons. The average molecular weight is 244 g/mol. The summed E-state index contributed by atoms with van der Waals surface area (Å²) in [7, 11) is 1.63. The van der Waals surface area contributed by atoms with Crippen molar-refractivity contribution in [2.45, 2.75) is 13.5 Å². The van der Waals surface area contributed by atoms with Crippen molar-refractivity contribution in [3.63, 3.8) is 0 Å². The highest BCUT2D eigenvalue weighted by molar-refractivity contribution is 5.43. The summed E-state index contributed by atoms with van der Waals surface area (Å²) in [5, 5.41) is 0. The molecule has 2 rings (SSSR count). The van der Waals surface area contributed by atoms with Gasteiger partial charge in [0.15, 0.2) is 0 Å². The van der Waals surface area contributed by atoms with Gasteiger partial charge in [0.2, 0.25) is 0 Å². The van der Waals surface area contributed by atoms with Gasteiger partial charge in [-0.2, -0.15) is 0 Å². The first-order chi connectivity index (χ1) is 8.60. The van der Waals surface area contributed by atoms with E-state index >= 15 is 0 Å². The Hall–Kier alpha value is -2.23. The van der Waals surface area contributed by atoms with Gasteiger partial charge in [-0.3, -0.25) is 4.79 Å². The maximum atomic E-state index is 11.8. The topological polar surface area (TPSA) is 57.2 Å². The fourth-order valence-electron chi connectivity index (χ4n) is 1.74. The van der Waals surface area contributed by atoms with E-state index in [1.165, 1.54) is 0 Å². The van der Waals surface area contributed by atoms with E-state index in [0.29, 0.717) is 12.2 Å². The first-order valence-corrected chi connectivity index (χ1v) is 5.69. The molecule has 0 amide bonds. The zero-order valence-electron chi connectivity index (χ0n) is 10.5. The van der Waals surface area contributed by atoms with Crippen molar-refractivity contribution in [1.82, 2.24) is 4.57 Å². The van der Waals surface area contributed by atoms with Crippen LogP contribution in [0.25, 0.3) is 0 Å². The van der Waals surface area contributed by atoms with Crippen LogP contribution in [0.2, 0.25) is 0 Å². The van der Waals surface area contributed by atoms with Gasteiger partial charge in [0, 0.05) is 12.3 Å². The summed E-state index contributed by atoms with van der Waals surface area (Å²) in [6.45, 7) is 2.34. The van der Waals surface area contributed by atoms with Crippen LogP contribution in [0, 0.1) is 6.92 Å². The number of anilines is 1. The van der Waals surface area contributed by atoms with E-state index in [4.69, 9.17) is 10.5 Å². The molecule has 2 N–H and O–H groups in total. The summed E-state index contributed by atoms with van der Waals surface area (Å²) in [5.41, 5.74) is 8.23. The number of benzene rings is 1. The van der Waals surface area contributed by atoms with Crippen LogP contribution in [0.5, 0.6) is 5.75 Å². The highest BCUT2D eigenvalue weighted by atomic mass is 16.5. The molecule has 0 spiro atoms. The van der Waals surface area contributed by atoms with Crippen molar-refractivity contribution >= 4 is 5.69 Å². The monoisotopic (exact) mass is 244 g/mol. The molecule has 1 aromatic carbocycles. The molecule has 0 aliphatic heterocycles. The number of aryl methyl sites for hydroxylation is 1. The Morgan fingerprint density at radius 3 is 2.56 bits per heavy atom. The lowest BCUT2D eigenvalue weighted by Crippen LogP contribution is -2.20. The van der Waals surface area contributed by atoms with Crippen molar-refractivity contribution in [3.8, 4) is 5.75 Å². The summed E-state index contributed by atoms with van der Waals surface area (Å²) in [5.74, 6) is 0.800. The average Bonchev–Trinajstić information content (AvgIpc) is 2.37. The molecule has 0 aliphatic carbocycles.